The van der Waals surface area contributed by atoms with Crippen LogP contribution in [0.5, 0.6) is 0 Å². The van der Waals surface area contributed by atoms with Gasteiger partial charge >= 0.3 is 0 Å². The summed E-state index contributed by atoms with van der Waals surface area (Å²) in [6, 6.07) is 15.8. The molecule has 0 aliphatic heterocycles. The molecule has 0 saturated carbocycles. The molecule has 2 rings (SSSR count). The van der Waals surface area contributed by atoms with Crippen LogP contribution in [0.1, 0.15) is 17.2 Å². The Morgan fingerprint density at radius 1 is 1.20 bits per heavy atom. The van der Waals surface area contributed by atoms with Crippen LogP contribution < -0.4 is 5.32 Å². The van der Waals surface area contributed by atoms with Crippen molar-refractivity contribution in [3.8, 4) is 0 Å². The highest BCUT2D eigenvalue weighted by molar-refractivity contribution is 9.10. The second kappa shape index (κ2) is 7.43. The van der Waals surface area contributed by atoms with E-state index in [4.69, 9.17) is 4.74 Å². The van der Waals surface area contributed by atoms with E-state index in [1.54, 1.807) is 7.11 Å². The second-order valence-corrected chi connectivity index (χ2v) is 5.48. The van der Waals surface area contributed by atoms with Gasteiger partial charge in [-0.1, -0.05) is 40.2 Å². The van der Waals surface area contributed by atoms with Crippen molar-refractivity contribution >= 4 is 21.6 Å². The smallest absolute Gasteiger partial charge is 0.0745 e. The first kappa shape index (κ1) is 15.0. The van der Waals surface area contributed by atoms with Crippen molar-refractivity contribution in [1.82, 2.24) is 0 Å². The zero-order chi connectivity index (χ0) is 14.4. The summed E-state index contributed by atoms with van der Waals surface area (Å²) in [6.45, 7) is 0.608. The largest absolute Gasteiger partial charge is 0.394 e. The van der Waals surface area contributed by atoms with Crippen LogP contribution in [0, 0.1) is 0 Å². The van der Waals surface area contributed by atoms with Crippen molar-refractivity contribution < 1.29 is 9.84 Å². The summed E-state index contributed by atoms with van der Waals surface area (Å²) < 4.78 is 6.17. The molecule has 20 heavy (non-hydrogen) atoms. The second-order valence-electron chi connectivity index (χ2n) is 4.56. The van der Waals surface area contributed by atoms with Gasteiger partial charge in [0, 0.05) is 17.3 Å². The maximum Gasteiger partial charge on any atom is 0.0745 e. The van der Waals surface area contributed by atoms with Gasteiger partial charge in [0.15, 0.2) is 0 Å². The maximum atomic E-state index is 9.61. The molecule has 0 aromatic heterocycles. The van der Waals surface area contributed by atoms with Gasteiger partial charge < -0.3 is 15.2 Å². The summed E-state index contributed by atoms with van der Waals surface area (Å²) in [5, 5.41) is 12.9. The number of hydrogen-bond acceptors (Lipinski definition) is 3. The van der Waals surface area contributed by atoms with Crippen LogP contribution in [0.25, 0.3) is 0 Å². The number of aliphatic hydroxyl groups excluding tert-OH is 1. The Labute approximate surface area is 127 Å². The third kappa shape index (κ3) is 4.07. The zero-order valence-electron chi connectivity index (χ0n) is 11.3. The van der Waals surface area contributed by atoms with Crippen LogP contribution in [0.2, 0.25) is 0 Å². The highest BCUT2D eigenvalue weighted by atomic mass is 79.9. The molecule has 0 fully saturated rings. The lowest BCUT2D eigenvalue weighted by Crippen LogP contribution is -2.15. The highest BCUT2D eigenvalue weighted by Gasteiger charge is 2.10. The van der Waals surface area contributed by atoms with Gasteiger partial charge in [0.2, 0.25) is 0 Å². The van der Waals surface area contributed by atoms with Crippen molar-refractivity contribution in [2.75, 3.05) is 19.0 Å². The molecule has 0 saturated heterocycles. The van der Waals surface area contributed by atoms with Crippen molar-refractivity contribution in [1.29, 1.82) is 0 Å². The van der Waals surface area contributed by atoms with Crippen molar-refractivity contribution in [2.24, 2.45) is 0 Å². The molecule has 2 aromatic rings. The summed E-state index contributed by atoms with van der Waals surface area (Å²) in [5.74, 6) is 0. The van der Waals surface area contributed by atoms with Gasteiger partial charge in [-0.2, -0.15) is 0 Å². The van der Waals surface area contributed by atoms with E-state index in [2.05, 4.69) is 27.3 Å². The van der Waals surface area contributed by atoms with E-state index in [-0.39, 0.29) is 12.6 Å². The van der Waals surface area contributed by atoms with Crippen molar-refractivity contribution in [3.63, 3.8) is 0 Å². The van der Waals surface area contributed by atoms with Crippen LogP contribution in [-0.4, -0.2) is 18.8 Å². The summed E-state index contributed by atoms with van der Waals surface area (Å²) in [4.78, 5) is 0. The van der Waals surface area contributed by atoms with E-state index in [1.165, 1.54) is 0 Å². The van der Waals surface area contributed by atoms with Crippen molar-refractivity contribution in [3.05, 3.63) is 64.1 Å². The van der Waals surface area contributed by atoms with Crippen LogP contribution in [-0.2, 0) is 11.3 Å². The minimum absolute atomic E-state index is 0.0342. The van der Waals surface area contributed by atoms with E-state index in [9.17, 15) is 5.11 Å². The number of benzene rings is 2. The lowest BCUT2D eigenvalue weighted by Gasteiger charge is -2.19. The van der Waals surface area contributed by atoms with E-state index in [0.29, 0.717) is 6.61 Å². The molecular formula is C16H18BrNO2. The lowest BCUT2D eigenvalue weighted by atomic mass is 10.0. The Balaban J connectivity index is 2.15. The monoisotopic (exact) mass is 335 g/mol. The van der Waals surface area contributed by atoms with Gasteiger partial charge in [-0.05, 0) is 35.4 Å². The third-order valence-electron chi connectivity index (χ3n) is 3.03. The average Bonchev–Trinajstić information content (AvgIpc) is 2.47. The van der Waals surface area contributed by atoms with Crippen LogP contribution in [0.15, 0.2) is 53.0 Å². The molecular weight excluding hydrogens is 318 g/mol. The van der Waals surface area contributed by atoms with Crippen molar-refractivity contribution in [2.45, 2.75) is 12.6 Å². The molecule has 0 spiro atoms. The molecule has 3 nitrogen and oxygen atoms in total. The number of rotatable bonds is 6. The fraction of sp³-hybridized carbons (Fsp3) is 0.250. The van der Waals surface area contributed by atoms with Gasteiger partial charge in [0.25, 0.3) is 0 Å². The quantitative estimate of drug-likeness (QED) is 0.844. The third-order valence-corrected chi connectivity index (χ3v) is 3.56. The number of nitrogens with one attached hydrogen (secondary N) is 1. The zero-order valence-corrected chi connectivity index (χ0v) is 12.9. The summed E-state index contributed by atoms with van der Waals surface area (Å²) in [6.07, 6.45) is 0. The molecule has 4 heteroatoms. The molecule has 1 unspecified atom stereocenters. The van der Waals surface area contributed by atoms with Gasteiger partial charge in [0.05, 0.1) is 19.3 Å². The Kier molecular flexibility index (Phi) is 5.59. The molecule has 0 aliphatic rings. The predicted molar refractivity (Wildman–Crippen MR) is 84.7 cm³/mol. The molecule has 0 aliphatic carbocycles. The van der Waals surface area contributed by atoms with E-state index >= 15 is 0 Å². The molecule has 2 aromatic carbocycles. The van der Waals surface area contributed by atoms with Gasteiger partial charge in [-0.3, -0.25) is 0 Å². The Morgan fingerprint density at radius 3 is 2.60 bits per heavy atom. The average molecular weight is 336 g/mol. The summed E-state index contributed by atoms with van der Waals surface area (Å²) in [7, 11) is 1.68. The molecule has 106 valence electrons. The molecule has 2 N–H and O–H groups in total. The molecule has 1 atom stereocenters. The predicted octanol–water partition coefficient (Wildman–Crippen LogP) is 3.74. The first-order valence-corrected chi connectivity index (χ1v) is 7.23. The number of anilines is 1. The number of ether oxygens (including phenoxy) is 1. The molecule has 0 amide bonds. The fourth-order valence-electron chi connectivity index (χ4n) is 2.05. The molecule has 0 radical (unpaired) electrons. The standard InChI is InChI=1S/C16H18BrNO2/c1-20-11-12-3-2-4-13(9-12)16(10-19)18-15-7-5-14(17)6-8-15/h2-9,16,18-19H,10-11H2,1H3. The first-order chi connectivity index (χ1) is 9.72. The fourth-order valence-corrected chi connectivity index (χ4v) is 2.31. The van der Waals surface area contributed by atoms with Crippen LogP contribution >= 0.6 is 15.9 Å². The van der Waals surface area contributed by atoms with Gasteiger partial charge in [-0.25, -0.2) is 0 Å². The van der Waals surface area contributed by atoms with E-state index in [0.717, 1.165) is 21.3 Å². The minimum atomic E-state index is -0.131. The maximum absolute atomic E-state index is 9.61. The topological polar surface area (TPSA) is 41.5 Å². The Bertz CT molecular complexity index is 542. The van der Waals surface area contributed by atoms with E-state index < -0.39 is 0 Å². The number of aliphatic hydroxyl groups is 1. The number of halogens is 1. The van der Waals surface area contributed by atoms with Gasteiger partial charge in [-0.15, -0.1) is 0 Å². The Morgan fingerprint density at radius 2 is 1.95 bits per heavy atom. The van der Waals surface area contributed by atoms with E-state index in [1.807, 2.05) is 42.5 Å². The highest BCUT2D eigenvalue weighted by Crippen LogP contribution is 2.22. The molecule has 0 heterocycles. The van der Waals surface area contributed by atoms with Gasteiger partial charge in [0.1, 0.15) is 0 Å². The van der Waals surface area contributed by atoms with Crippen LogP contribution in [0.4, 0.5) is 5.69 Å². The lowest BCUT2D eigenvalue weighted by molar-refractivity contribution is 0.184. The molecule has 0 bridgehead atoms. The number of methoxy groups -OCH3 is 1. The SMILES string of the molecule is COCc1cccc(C(CO)Nc2ccc(Br)cc2)c1. The Hall–Kier alpha value is -1.36. The normalized spacial score (nSPS) is 12.2. The first-order valence-electron chi connectivity index (χ1n) is 6.43. The minimum Gasteiger partial charge on any atom is -0.394 e. The summed E-state index contributed by atoms with van der Waals surface area (Å²) >= 11 is 3.41. The summed E-state index contributed by atoms with van der Waals surface area (Å²) in [5.41, 5.74) is 3.12. The number of hydrogen-bond donors (Lipinski definition) is 2. The van der Waals surface area contributed by atoms with Crippen LogP contribution in [0.3, 0.4) is 0 Å².